The minimum absolute atomic E-state index is 0.0755. The van der Waals surface area contributed by atoms with E-state index in [1.165, 1.54) is 0 Å². The molecule has 0 saturated carbocycles. The van der Waals surface area contributed by atoms with Crippen molar-refractivity contribution in [1.82, 2.24) is 10.3 Å². The lowest BCUT2D eigenvalue weighted by molar-refractivity contribution is 0.253. The first-order chi connectivity index (χ1) is 5.83. The Bertz CT molecular complexity index is 252. The van der Waals surface area contributed by atoms with E-state index in [1.807, 2.05) is 0 Å². The van der Waals surface area contributed by atoms with Crippen molar-refractivity contribution >= 4 is 23.3 Å². The highest BCUT2D eigenvalue weighted by atomic mass is 35.5. The molecule has 0 aliphatic carbocycles. The normalized spacial score (nSPS) is 9.08. The first-order valence-corrected chi connectivity index (χ1v) is 3.80. The highest BCUT2D eigenvalue weighted by molar-refractivity contribution is 6.18. The zero-order valence-corrected chi connectivity index (χ0v) is 6.93. The number of carbonyl (C=O) groups is 1. The largest absolute Gasteiger partial charge is 0.324 e. The number of pyridine rings is 1. The predicted molar refractivity (Wildman–Crippen MR) is 45.9 cm³/mol. The fourth-order valence-electron chi connectivity index (χ4n) is 0.623. The second-order valence-electron chi connectivity index (χ2n) is 1.93. The molecular weight excluding hydrogens is 178 g/mol. The minimum atomic E-state index is -0.366. The summed E-state index contributed by atoms with van der Waals surface area (Å²) in [6, 6.07) is 3.09. The van der Waals surface area contributed by atoms with Gasteiger partial charge in [0.15, 0.2) is 0 Å². The van der Waals surface area contributed by atoms with Gasteiger partial charge in [-0.05, 0) is 12.1 Å². The molecule has 1 aromatic heterocycles. The zero-order chi connectivity index (χ0) is 8.81. The number of hydrogen-bond acceptors (Lipinski definition) is 2. The van der Waals surface area contributed by atoms with Gasteiger partial charge in [0.1, 0.15) is 6.20 Å². The van der Waals surface area contributed by atoms with E-state index in [9.17, 15) is 4.79 Å². The number of carbonyl (C=O) groups excluding carboxylic acids is 1. The second kappa shape index (κ2) is 4.56. The van der Waals surface area contributed by atoms with Crippen LogP contribution in [-0.2, 0) is 0 Å². The molecule has 2 amide bonds. The van der Waals surface area contributed by atoms with E-state index >= 15 is 0 Å². The van der Waals surface area contributed by atoms with E-state index in [4.69, 9.17) is 11.6 Å². The number of anilines is 1. The number of rotatable bonds is 2. The summed E-state index contributed by atoms with van der Waals surface area (Å²) in [6.45, 7) is 0. The SMILES string of the molecule is O=C(NCCl)Nc1[c]nccc1. The van der Waals surface area contributed by atoms with Gasteiger partial charge < -0.3 is 10.6 Å². The van der Waals surface area contributed by atoms with Gasteiger partial charge in [-0.15, -0.1) is 11.6 Å². The van der Waals surface area contributed by atoms with Gasteiger partial charge in [0.2, 0.25) is 0 Å². The van der Waals surface area contributed by atoms with E-state index in [0.717, 1.165) is 0 Å². The molecular formula is C7H7ClN3O. The molecule has 0 fully saturated rings. The van der Waals surface area contributed by atoms with Gasteiger partial charge in [-0.3, -0.25) is 4.98 Å². The third-order valence-electron chi connectivity index (χ3n) is 1.08. The van der Waals surface area contributed by atoms with Crippen molar-refractivity contribution < 1.29 is 4.79 Å². The molecule has 0 aromatic carbocycles. The Balaban J connectivity index is 2.47. The van der Waals surface area contributed by atoms with Crippen LogP contribution in [0.25, 0.3) is 0 Å². The van der Waals surface area contributed by atoms with Crippen LogP contribution < -0.4 is 10.6 Å². The first kappa shape index (κ1) is 8.80. The van der Waals surface area contributed by atoms with E-state index in [1.54, 1.807) is 18.3 Å². The summed E-state index contributed by atoms with van der Waals surface area (Å²) in [5.41, 5.74) is 0.514. The van der Waals surface area contributed by atoms with Gasteiger partial charge in [0.05, 0.1) is 11.7 Å². The molecule has 12 heavy (non-hydrogen) atoms. The molecule has 0 bridgehead atoms. The van der Waals surface area contributed by atoms with Gasteiger partial charge in [0, 0.05) is 6.20 Å². The van der Waals surface area contributed by atoms with Gasteiger partial charge in [-0.2, -0.15) is 0 Å². The van der Waals surface area contributed by atoms with Crippen molar-refractivity contribution in [1.29, 1.82) is 0 Å². The standard InChI is InChI=1S/C7H7ClN3O/c8-5-10-7(12)11-6-2-1-3-9-4-6/h1-3H,5H2,(H2,10,11,12). The molecule has 4 nitrogen and oxygen atoms in total. The summed E-state index contributed by atoms with van der Waals surface area (Å²) in [6.07, 6.45) is 4.17. The Morgan fingerprint density at radius 1 is 1.75 bits per heavy atom. The zero-order valence-electron chi connectivity index (χ0n) is 6.17. The lowest BCUT2D eigenvalue weighted by Gasteiger charge is -2.02. The summed E-state index contributed by atoms with van der Waals surface area (Å²) in [5.74, 6) is 0. The van der Waals surface area contributed by atoms with Crippen LogP contribution in [-0.4, -0.2) is 17.0 Å². The van der Waals surface area contributed by atoms with E-state index in [-0.39, 0.29) is 12.0 Å². The molecule has 0 aliphatic heterocycles. The Labute approximate surface area is 74.9 Å². The molecule has 63 valence electrons. The van der Waals surface area contributed by atoms with Crippen LogP contribution in [0, 0.1) is 6.20 Å². The van der Waals surface area contributed by atoms with Gasteiger partial charge >= 0.3 is 6.03 Å². The Morgan fingerprint density at radius 2 is 2.58 bits per heavy atom. The summed E-state index contributed by atoms with van der Waals surface area (Å²) in [7, 11) is 0. The number of urea groups is 1. The Hall–Kier alpha value is -1.29. The second-order valence-corrected chi connectivity index (χ2v) is 2.19. The van der Waals surface area contributed by atoms with Crippen LogP contribution in [0.1, 0.15) is 0 Å². The summed E-state index contributed by atoms with van der Waals surface area (Å²) >= 11 is 5.26. The van der Waals surface area contributed by atoms with Crippen LogP contribution in [0.2, 0.25) is 0 Å². The summed E-state index contributed by atoms with van der Waals surface area (Å²) in [4.78, 5) is 14.6. The highest BCUT2D eigenvalue weighted by Crippen LogP contribution is 2.00. The van der Waals surface area contributed by atoms with Crippen molar-refractivity contribution in [2.75, 3.05) is 11.3 Å². The summed E-state index contributed by atoms with van der Waals surface area (Å²) in [5, 5.41) is 4.85. The maximum Gasteiger partial charge on any atom is 0.320 e. The smallest absolute Gasteiger partial charge is 0.320 e. The number of halogens is 1. The third kappa shape index (κ3) is 2.75. The average molecular weight is 185 g/mol. The Morgan fingerprint density at radius 3 is 3.17 bits per heavy atom. The number of nitrogens with one attached hydrogen (secondary N) is 2. The lowest BCUT2D eigenvalue weighted by Crippen LogP contribution is -2.27. The number of hydrogen-bond donors (Lipinski definition) is 2. The minimum Gasteiger partial charge on any atom is -0.324 e. The fraction of sp³-hybridized carbons (Fsp3) is 0.143. The molecule has 5 heteroatoms. The van der Waals surface area contributed by atoms with Crippen LogP contribution >= 0.6 is 11.6 Å². The molecule has 0 unspecified atom stereocenters. The van der Waals surface area contributed by atoms with E-state index in [2.05, 4.69) is 21.8 Å². The van der Waals surface area contributed by atoms with Gasteiger partial charge in [-0.25, -0.2) is 4.79 Å². The number of aromatic nitrogens is 1. The van der Waals surface area contributed by atoms with Gasteiger partial charge in [-0.1, -0.05) is 0 Å². The van der Waals surface area contributed by atoms with Crippen molar-refractivity contribution in [2.24, 2.45) is 0 Å². The topological polar surface area (TPSA) is 54.0 Å². The van der Waals surface area contributed by atoms with E-state index in [0.29, 0.717) is 5.69 Å². The fourth-order valence-corrected chi connectivity index (χ4v) is 0.745. The molecule has 0 aliphatic rings. The van der Waals surface area contributed by atoms with Crippen LogP contribution in [0.15, 0.2) is 18.3 Å². The molecule has 1 aromatic rings. The van der Waals surface area contributed by atoms with Crippen LogP contribution in [0.5, 0.6) is 0 Å². The molecule has 0 saturated heterocycles. The predicted octanol–water partition coefficient (Wildman–Crippen LogP) is 1.20. The number of alkyl halides is 1. The van der Waals surface area contributed by atoms with Crippen molar-refractivity contribution in [2.45, 2.75) is 0 Å². The van der Waals surface area contributed by atoms with Gasteiger partial charge in [0.25, 0.3) is 0 Å². The quantitative estimate of drug-likeness (QED) is 0.536. The van der Waals surface area contributed by atoms with E-state index < -0.39 is 0 Å². The number of nitrogens with zero attached hydrogens (tertiary/aromatic N) is 1. The van der Waals surface area contributed by atoms with Crippen LogP contribution in [0.4, 0.5) is 10.5 Å². The first-order valence-electron chi connectivity index (χ1n) is 3.26. The van der Waals surface area contributed by atoms with Crippen molar-refractivity contribution in [3.05, 3.63) is 24.5 Å². The number of amides is 2. The Kier molecular flexibility index (Phi) is 3.35. The maximum absolute atomic E-state index is 10.9. The lowest BCUT2D eigenvalue weighted by atomic mass is 10.4. The third-order valence-corrected chi connectivity index (χ3v) is 1.22. The highest BCUT2D eigenvalue weighted by Gasteiger charge is 1.98. The van der Waals surface area contributed by atoms with Crippen LogP contribution in [0.3, 0.4) is 0 Å². The molecule has 1 radical (unpaired) electrons. The molecule has 2 N–H and O–H groups in total. The molecule has 0 spiro atoms. The molecule has 1 rings (SSSR count). The average Bonchev–Trinajstić information content (AvgIpc) is 2.06. The summed E-state index contributed by atoms with van der Waals surface area (Å²) < 4.78 is 0. The maximum atomic E-state index is 10.9. The molecule has 1 heterocycles. The van der Waals surface area contributed by atoms with Crippen molar-refractivity contribution in [3.63, 3.8) is 0 Å². The monoisotopic (exact) mass is 184 g/mol. The molecule has 0 atom stereocenters. The van der Waals surface area contributed by atoms with Crippen molar-refractivity contribution in [3.8, 4) is 0 Å².